The monoisotopic (exact) mass is 575 g/mol. The number of nitrogens with one attached hydrogen (secondary N) is 1. The van der Waals surface area contributed by atoms with Crippen molar-refractivity contribution in [2.24, 2.45) is 0 Å². The molecule has 0 unspecified atom stereocenters. The summed E-state index contributed by atoms with van der Waals surface area (Å²) < 4.78 is 11.1. The Kier molecular flexibility index (Phi) is 10.2. The van der Waals surface area contributed by atoms with Crippen molar-refractivity contribution in [2.45, 2.75) is 31.9 Å². The van der Waals surface area contributed by atoms with Gasteiger partial charge in [0.05, 0.1) is 12.3 Å². The van der Waals surface area contributed by atoms with Gasteiger partial charge in [0.25, 0.3) is 12.0 Å². The molecule has 0 radical (unpaired) electrons. The summed E-state index contributed by atoms with van der Waals surface area (Å²) in [6.07, 6.45) is -3.51. The fourth-order valence-electron chi connectivity index (χ4n) is 3.94. The summed E-state index contributed by atoms with van der Waals surface area (Å²) in [5.41, 5.74) is -0.0345. The second kappa shape index (κ2) is 13.8. The smallest absolute Gasteiger partial charge is 0.409 e. The van der Waals surface area contributed by atoms with E-state index in [1.54, 1.807) is 37.3 Å². The van der Waals surface area contributed by atoms with Crippen molar-refractivity contribution < 1.29 is 53.6 Å². The number of carbonyl (C=O) groups is 6. The quantitative estimate of drug-likeness (QED) is 0.247. The Labute approximate surface area is 233 Å². The molecule has 0 aliphatic carbocycles. The van der Waals surface area contributed by atoms with Gasteiger partial charge < -0.3 is 39.9 Å². The van der Waals surface area contributed by atoms with E-state index in [2.05, 4.69) is 10.4 Å². The van der Waals surface area contributed by atoms with Crippen LogP contribution in [0.4, 0.5) is 4.79 Å². The Bertz CT molecular complexity index is 1270. The zero-order valence-electron chi connectivity index (χ0n) is 22.0. The van der Waals surface area contributed by atoms with E-state index in [1.165, 1.54) is 9.80 Å². The zero-order chi connectivity index (χ0) is 30.1. The molecule has 1 aliphatic heterocycles. The maximum Gasteiger partial charge on any atom is 0.409 e. The third-order valence-corrected chi connectivity index (χ3v) is 5.96. The Morgan fingerprint density at radius 1 is 0.951 bits per heavy atom. The fraction of sp³-hybridized carbons (Fsp3) is 0.400. The number of piperazine rings is 1. The summed E-state index contributed by atoms with van der Waals surface area (Å²) in [7, 11) is 0. The molecular formula is C25H29N5O11. The predicted molar refractivity (Wildman–Crippen MR) is 137 cm³/mol. The van der Waals surface area contributed by atoms with Crippen LogP contribution in [0.3, 0.4) is 0 Å². The molecule has 1 fully saturated rings. The number of carbonyl (C=O) groups excluding carboxylic acids is 3. The minimum atomic E-state index is -2.30. The van der Waals surface area contributed by atoms with Crippen LogP contribution in [0.5, 0.6) is 5.88 Å². The van der Waals surface area contributed by atoms with E-state index >= 15 is 0 Å². The largest absolute Gasteiger partial charge is 0.481 e. The van der Waals surface area contributed by atoms with Gasteiger partial charge >= 0.3 is 24.0 Å². The van der Waals surface area contributed by atoms with E-state index in [1.807, 2.05) is 0 Å². The van der Waals surface area contributed by atoms with E-state index in [0.29, 0.717) is 5.69 Å². The lowest BCUT2D eigenvalue weighted by Crippen LogP contribution is -2.56. The highest BCUT2D eigenvalue weighted by atomic mass is 16.6. The van der Waals surface area contributed by atoms with Gasteiger partial charge in [0.15, 0.2) is 5.69 Å². The molecule has 0 bridgehead atoms. The summed E-state index contributed by atoms with van der Waals surface area (Å²) in [6.45, 7) is 2.48. The number of ether oxygens (including phenoxy) is 2. The van der Waals surface area contributed by atoms with Crippen LogP contribution < -0.4 is 10.1 Å². The number of nitrogens with zero attached hydrogens (tertiary/aromatic N) is 4. The number of carboxylic acid groups (broad SMARTS) is 3. The molecule has 1 aliphatic rings. The van der Waals surface area contributed by atoms with Gasteiger partial charge in [-0.3, -0.25) is 14.4 Å². The molecule has 16 nitrogen and oxygen atoms in total. The number of hydrogen-bond acceptors (Lipinski definition) is 9. The molecule has 16 heteroatoms. The summed E-state index contributed by atoms with van der Waals surface area (Å²) in [5.74, 6) is -6.63. The average molecular weight is 576 g/mol. The summed E-state index contributed by atoms with van der Waals surface area (Å²) in [5, 5.41) is 34.2. The standard InChI is InChI=1S/C25H29N5O11/c1-2-40-25(39)29-12-10-28(11-13-29)22(34)16(8-9-19(31)32)26-21(33)17-14-18(41-20(23(35)36)24(37)38)30(27-17)15-6-4-3-5-7-15/h3-7,14,16,20H,2,8-13H2,1H3,(H,26,33)(H,31,32)(H,35,36)(H,37,38)/t16-/m0/s1. The maximum atomic E-state index is 13.3. The van der Waals surface area contributed by atoms with Gasteiger partial charge in [-0.05, 0) is 25.5 Å². The lowest BCUT2D eigenvalue weighted by atomic mass is 10.1. The number of rotatable bonds is 12. The Hall–Kier alpha value is -5.15. The number of hydrogen-bond donors (Lipinski definition) is 4. The van der Waals surface area contributed by atoms with Gasteiger partial charge in [0, 0.05) is 38.7 Å². The minimum Gasteiger partial charge on any atom is -0.481 e. The number of para-hydroxylation sites is 1. The number of benzene rings is 1. The van der Waals surface area contributed by atoms with E-state index in [0.717, 1.165) is 10.7 Å². The molecule has 41 heavy (non-hydrogen) atoms. The molecule has 2 aromatic rings. The Balaban J connectivity index is 1.83. The molecule has 0 spiro atoms. The second-order valence-electron chi connectivity index (χ2n) is 8.76. The number of aromatic nitrogens is 2. The SMILES string of the molecule is CCOC(=O)N1CCN(C(=O)[C@H](CCC(=O)O)NC(=O)c2cc(OC(C(=O)O)C(=O)O)n(-c3ccccc3)n2)CC1. The van der Waals surface area contributed by atoms with Gasteiger partial charge in [0.1, 0.15) is 6.04 Å². The van der Waals surface area contributed by atoms with Crippen LogP contribution in [0.15, 0.2) is 36.4 Å². The van der Waals surface area contributed by atoms with Gasteiger partial charge in [-0.25, -0.2) is 19.1 Å². The van der Waals surface area contributed by atoms with E-state index in [-0.39, 0.29) is 50.8 Å². The average Bonchev–Trinajstić information content (AvgIpc) is 3.38. The van der Waals surface area contributed by atoms with Crippen LogP contribution in [0.1, 0.15) is 30.3 Å². The van der Waals surface area contributed by atoms with Gasteiger partial charge in [-0.2, -0.15) is 5.10 Å². The number of carboxylic acids is 3. The normalized spacial score (nSPS) is 13.8. The van der Waals surface area contributed by atoms with Crippen molar-refractivity contribution in [3.8, 4) is 11.6 Å². The van der Waals surface area contributed by atoms with E-state index in [4.69, 9.17) is 14.6 Å². The van der Waals surface area contributed by atoms with Gasteiger partial charge in [0.2, 0.25) is 11.8 Å². The van der Waals surface area contributed by atoms with Crippen molar-refractivity contribution in [2.75, 3.05) is 32.8 Å². The molecule has 2 heterocycles. The number of aliphatic carboxylic acids is 3. The summed E-state index contributed by atoms with van der Waals surface area (Å²) >= 11 is 0. The molecule has 220 valence electrons. The topological polar surface area (TPSA) is 218 Å². The highest BCUT2D eigenvalue weighted by Crippen LogP contribution is 2.21. The lowest BCUT2D eigenvalue weighted by Gasteiger charge is -2.35. The van der Waals surface area contributed by atoms with Crippen molar-refractivity contribution in [1.82, 2.24) is 24.9 Å². The molecule has 1 aromatic carbocycles. The Morgan fingerprint density at radius 3 is 2.12 bits per heavy atom. The van der Waals surface area contributed by atoms with Crippen molar-refractivity contribution in [1.29, 1.82) is 0 Å². The van der Waals surface area contributed by atoms with Gasteiger partial charge in [-0.1, -0.05) is 18.2 Å². The van der Waals surface area contributed by atoms with E-state index < -0.39 is 54.4 Å². The minimum absolute atomic E-state index is 0.128. The molecule has 1 atom stereocenters. The highest BCUT2D eigenvalue weighted by Gasteiger charge is 2.33. The van der Waals surface area contributed by atoms with Crippen LogP contribution in [-0.4, -0.2) is 116 Å². The first kappa shape index (κ1) is 30.4. The van der Waals surface area contributed by atoms with Crippen LogP contribution in [-0.2, 0) is 23.9 Å². The van der Waals surface area contributed by atoms with Crippen LogP contribution in [0, 0.1) is 0 Å². The molecule has 3 amide bonds. The van der Waals surface area contributed by atoms with Crippen LogP contribution >= 0.6 is 0 Å². The first-order chi connectivity index (χ1) is 19.5. The summed E-state index contributed by atoms with van der Waals surface area (Å²) in [6, 6.07) is 7.76. The third-order valence-electron chi connectivity index (χ3n) is 5.96. The first-order valence-corrected chi connectivity index (χ1v) is 12.5. The maximum absolute atomic E-state index is 13.3. The Morgan fingerprint density at radius 2 is 1.56 bits per heavy atom. The van der Waals surface area contributed by atoms with E-state index in [9.17, 15) is 39.0 Å². The molecule has 1 aromatic heterocycles. The molecule has 1 saturated heterocycles. The number of amides is 3. The lowest BCUT2D eigenvalue weighted by molar-refractivity contribution is -0.159. The van der Waals surface area contributed by atoms with Crippen LogP contribution in [0.25, 0.3) is 5.69 Å². The molecular weight excluding hydrogens is 546 g/mol. The van der Waals surface area contributed by atoms with Crippen LogP contribution in [0.2, 0.25) is 0 Å². The fourth-order valence-corrected chi connectivity index (χ4v) is 3.94. The van der Waals surface area contributed by atoms with Crippen molar-refractivity contribution >= 4 is 35.8 Å². The second-order valence-corrected chi connectivity index (χ2v) is 8.76. The molecule has 0 saturated carbocycles. The van der Waals surface area contributed by atoms with Gasteiger partial charge in [-0.15, -0.1) is 0 Å². The molecule has 3 rings (SSSR count). The van der Waals surface area contributed by atoms with Crippen molar-refractivity contribution in [3.05, 3.63) is 42.1 Å². The zero-order valence-corrected chi connectivity index (χ0v) is 22.0. The van der Waals surface area contributed by atoms with Crippen molar-refractivity contribution in [3.63, 3.8) is 0 Å². The first-order valence-electron chi connectivity index (χ1n) is 12.5. The molecule has 4 N–H and O–H groups in total. The predicted octanol–water partition coefficient (Wildman–Crippen LogP) is 0.0528. The highest BCUT2D eigenvalue weighted by molar-refractivity contribution is 5.97. The summed E-state index contributed by atoms with van der Waals surface area (Å²) in [4.78, 5) is 75.2. The third kappa shape index (κ3) is 7.93.